The van der Waals surface area contributed by atoms with Gasteiger partial charge in [0.05, 0.1) is 22.3 Å². The van der Waals surface area contributed by atoms with Gasteiger partial charge in [-0.05, 0) is 43.2 Å². The van der Waals surface area contributed by atoms with Gasteiger partial charge in [0.25, 0.3) is 5.56 Å². The van der Waals surface area contributed by atoms with Gasteiger partial charge in [-0.3, -0.25) is 19.5 Å². The molecule has 0 aliphatic rings. The first kappa shape index (κ1) is 21.3. The zero-order valence-electron chi connectivity index (χ0n) is 16.8. The summed E-state index contributed by atoms with van der Waals surface area (Å²) in [6.45, 7) is 7.67. The maximum absolute atomic E-state index is 13.3. The van der Waals surface area contributed by atoms with E-state index in [-0.39, 0.29) is 17.9 Å². The van der Waals surface area contributed by atoms with Gasteiger partial charge in [0.15, 0.2) is 5.16 Å². The molecule has 154 valence electrons. The molecule has 30 heavy (non-hydrogen) atoms. The number of imide groups is 1. The second-order valence-corrected chi connectivity index (χ2v) is 7.55. The van der Waals surface area contributed by atoms with E-state index in [1.807, 2.05) is 38.1 Å². The van der Waals surface area contributed by atoms with Crippen LogP contribution >= 0.6 is 11.8 Å². The van der Waals surface area contributed by atoms with Crippen molar-refractivity contribution >= 4 is 34.6 Å². The Balaban J connectivity index is 1.98. The van der Waals surface area contributed by atoms with E-state index >= 15 is 0 Å². The number of nitrogens with zero attached hydrogens (tertiary/aromatic N) is 2. The molecular weight excluding hydrogens is 400 g/mol. The van der Waals surface area contributed by atoms with Gasteiger partial charge in [-0.25, -0.2) is 9.78 Å². The Morgan fingerprint density at radius 1 is 1.17 bits per heavy atom. The van der Waals surface area contributed by atoms with Crippen molar-refractivity contribution in [2.24, 2.45) is 0 Å². The van der Waals surface area contributed by atoms with E-state index in [2.05, 4.69) is 22.2 Å². The number of amides is 3. The molecule has 2 N–H and O–H groups in total. The van der Waals surface area contributed by atoms with Crippen LogP contribution in [-0.2, 0) is 4.79 Å². The molecule has 0 spiro atoms. The number of hydrogen-bond donors (Lipinski definition) is 2. The number of fused-ring (bicyclic) bond motifs is 1. The number of para-hydroxylation sites is 1. The summed E-state index contributed by atoms with van der Waals surface area (Å²) in [6.07, 6.45) is 1.51. The van der Waals surface area contributed by atoms with Crippen LogP contribution < -0.4 is 16.2 Å². The summed E-state index contributed by atoms with van der Waals surface area (Å²) in [5.74, 6) is -0.562. The van der Waals surface area contributed by atoms with E-state index in [9.17, 15) is 14.4 Å². The topological polar surface area (TPSA) is 93.1 Å². The predicted octanol–water partition coefficient (Wildman–Crippen LogP) is 3.11. The Labute approximate surface area is 178 Å². The van der Waals surface area contributed by atoms with E-state index in [0.29, 0.717) is 21.7 Å². The number of urea groups is 1. The molecule has 0 radical (unpaired) electrons. The third-order valence-corrected chi connectivity index (χ3v) is 5.49. The third kappa shape index (κ3) is 4.60. The number of thioether (sulfide) groups is 1. The Hall–Kier alpha value is -3.39. The first-order valence-electron chi connectivity index (χ1n) is 9.32. The molecule has 0 aliphatic carbocycles. The standard InChI is InChI=1S/C22H22N4O3S/c1-4-12-23-21(29)25-19(27)13-30-22-24-17-10-6-5-9-16(17)20(28)26(22)18-11-7-8-14(2)15(18)3/h4-11H,1,12-13H2,2-3H3,(H2,23,25,27,29). The van der Waals surface area contributed by atoms with Crippen LogP contribution in [0.5, 0.6) is 0 Å². The van der Waals surface area contributed by atoms with E-state index < -0.39 is 11.9 Å². The largest absolute Gasteiger partial charge is 0.334 e. The van der Waals surface area contributed by atoms with E-state index in [1.165, 1.54) is 10.6 Å². The Bertz CT molecular complexity index is 1190. The van der Waals surface area contributed by atoms with Crippen LogP contribution in [0.25, 0.3) is 16.6 Å². The minimum Gasteiger partial charge on any atom is -0.334 e. The Kier molecular flexibility index (Phi) is 6.68. The molecule has 0 fully saturated rings. The number of nitrogens with one attached hydrogen (secondary N) is 2. The average Bonchev–Trinajstić information content (AvgIpc) is 2.73. The molecule has 0 bridgehead atoms. The fourth-order valence-electron chi connectivity index (χ4n) is 2.90. The second kappa shape index (κ2) is 9.41. The highest BCUT2D eigenvalue weighted by Gasteiger charge is 2.17. The van der Waals surface area contributed by atoms with Crippen LogP contribution in [0.3, 0.4) is 0 Å². The smallest absolute Gasteiger partial charge is 0.321 e. The van der Waals surface area contributed by atoms with E-state index in [4.69, 9.17) is 0 Å². The quantitative estimate of drug-likeness (QED) is 0.362. The predicted molar refractivity (Wildman–Crippen MR) is 119 cm³/mol. The first-order chi connectivity index (χ1) is 14.4. The lowest BCUT2D eigenvalue weighted by Gasteiger charge is -2.16. The average molecular weight is 423 g/mol. The van der Waals surface area contributed by atoms with Crippen molar-refractivity contribution in [3.05, 3.63) is 76.6 Å². The summed E-state index contributed by atoms with van der Waals surface area (Å²) >= 11 is 1.10. The number of rotatable bonds is 6. The van der Waals surface area contributed by atoms with Crippen LogP contribution in [0.15, 0.2) is 65.1 Å². The second-order valence-electron chi connectivity index (χ2n) is 6.61. The number of carbonyl (C=O) groups is 2. The van der Waals surface area contributed by atoms with Crippen molar-refractivity contribution in [1.82, 2.24) is 20.2 Å². The molecule has 3 rings (SSSR count). The van der Waals surface area contributed by atoms with Gasteiger partial charge in [0, 0.05) is 6.54 Å². The van der Waals surface area contributed by atoms with Crippen LogP contribution in [0.4, 0.5) is 4.79 Å². The Morgan fingerprint density at radius 3 is 2.70 bits per heavy atom. The highest BCUT2D eigenvalue weighted by molar-refractivity contribution is 7.99. The summed E-state index contributed by atoms with van der Waals surface area (Å²) in [5.41, 5.74) is 3.05. The minimum absolute atomic E-state index is 0.0723. The number of carbonyl (C=O) groups excluding carboxylic acids is 2. The first-order valence-corrected chi connectivity index (χ1v) is 10.3. The molecule has 3 amide bonds. The summed E-state index contributed by atoms with van der Waals surface area (Å²) in [5, 5.41) is 5.60. The highest BCUT2D eigenvalue weighted by Crippen LogP contribution is 2.24. The molecule has 0 saturated carbocycles. The number of aryl methyl sites for hydroxylation is 1. The maximum Gasteiger partial charge on any atom is 0.321 e. The zero-order chi connectivity index (χ0) is 21.7. The van der Waals surface area contributed by atoms with Crippen molar-refractivity contribution in [2.45, 2.75) is 19.0 Å². The molecular formula is C22H22N4O3S. The van der Waals surface area contributed by atoms with Crippen molar-refractivity contribution < 1.29 is 9.59 Å². The van der Waals surface area contributed by atoms with Gasteiger partial charge in [-0.15, -0.1) is 6.58 Å². The van der Waals surface area contributed by atoms with Gasteiger partial charge >= 0.3 is 6.03 Å². The van der Waals surface area contributed by atoms with Gasteiger partial charge in [-0.2, -0.15) is 0 Å². The monoisotopic (exact) mass is 422 g/mol. The van der Waals surface area contributed by atoms with Crippen molar-refractivity contribution in [3.8, 4) is 5.69 Å². The fourth-order valence-corrected chi connectivity index (χ4v) is 3.71. The van der Waals surface area contributed by atoms with Crippen LogP contribution in [-0.4, -0.2) is 33.8 Å². The molecule has 0 saturated heterocycles. The normalized spacial score (nSPS) is 10.6. The number of benzene rings is 2. The molecule has 1 heterocycles. The van der Waals surface area contributed by atoms with Gasteiger partial charge in [0.1, 0.15) is 0 Å². The SMILES string of the molecule is C=CCNC(=O)NC(=O)CSc1nc2ccccc2c(=O)n1-c1cccc(C)c1C. The van der Waals surface area contributed by atoms with Crippen LogP contribution in [0.1, 0.15) is 11.1 Å². The molecule has 8 heteroatoms. The number of hydrogen-bond acceptors (Lipinski definition) is 5. The lowest BCUT2D eigenvalue weighted by molar-refractivity contribution is -0.117. The third-order valence-electron chi connectivity index (χ3n) is 4.55. The molecule has 0 atom stereocenters. The molecule has 3 aromatic rings. The minimum atomic E-state index is -0.598. The molecule has 7 nitrogen and oxygen atoms in total. The summed E-state index contributed by atoms with van der Waals surface area (Å²) in [4.78, 5) is 41.7. The fraction of sp³-hybridized carbons (Fsp3) is 0.182. The van der Waals surface area contributed by atoms with Crippen molar-refractivity contribution in [1.29, 1.82) is 0 Å². The summed E-state index contributed by atoms with van der Waals surface area (Å²) in [7, 11) is 0. The highest BCUT2D eigenvalue weighted by atomic mass is 32.2. The molecule has 0 aliphatic heterocycles. The molecule has 0 unspecified atom stereocenters. The van der Waals surface area contributed by atoms with Gasteiger partial charge in [-0.1, -0.05) is 42.1 Å². The number of aromatic nitrogens is 2. The molecule has 2 aromatic carbocycles. The van der Waals surface area contributed by atoms with Gasteiger partial charge < -0.3 is 5.32 Å². The summed E-state index contributed by atoms with van der Waals surface area (Å²) < 4.78 is 1.53. The zero-order valence-corrected chi connectivity index (χ0v) is 17.6. The van der Waals surface area contributed by atoms with Crippen LogP contribution in [0, 0.1) is 13.8 Å². The maximum atomic E-state index is 13.3. The van der Waals surface area contributed by atoms with Crippen molar-refractivity contribution in [3.63, 3.8) is 0 Å². The van der Waals surface area contributed by atoms with E-state index in [1.54, 1.807) is 18.2 Å². The lowest BCUT2D eigenvalue weighted by Crippen LogP contribution is -2.40. The summed E-state index contributed by atoms with van der Waals surface area (Å²) in [6, 6.07) is 12.2. The van der Waals surface area contributed by atoms with E-state index in [0.717, 1.165) is 22.9 Å². The Morgan fingerprint density at radius 2 is 1.93 bits per heavy atom. The molecule has 1 aromatic heterocycles. The van der Waals surface area contributed by atoms with Crippen molar-refractivity contribution in [2.75, 3.05) is 12.3 Å². The van der Waals surface area contributed by atoms with Gasteiger partial charge in [0.2, 0.25) is 5.91 Å². The lowest BCUT2D eigenvalue weighted by atomic mass is 10.1. The van der Waals surface area contributed by atoms with Crippen LogP contribution in [0.2, 0.25) is 0 Å².